The maximum Gasteiger partial charge on any atom is 0.238 e. The van der Waals surface area contributed by atoms with Crippen LogP contribution in [0.3, 0.4) is 0 Å². The monoisotopic (exact) mass is 672 g/mol. The molecule has 0 bridgehead atoms. The number of nitrogens with zero attached hydrogens (tertiary/aromatic N) is 3. The first-order chi connectivity index (χ1) is 21.5. The fourth-order valence-electron chi connectivity index (χ4n) is 5.54. The minimum Gasteiger partial charge on any atom is -0.384 e. The lowest BCUT2D eigenvalue weighted by Crippen LogP contribution is -2.48. The highest BCUT2D eigenvalue weighted by Crippen LogP contribution is 2.33. The van der Waals surface area contributed by atoms with Crippen LogP contribution in [-0.2, 0) is 20.0 Å². The van der Waals surface area contributed by atoms with Gasteiger partial charge in [-0.2, -0.15) is 0 Å². The van der Waals surface area contributed by atoms with Crippen LogP contribution in [0.4, 0.5) is 5.69 Å². The molecule has 1 aliphatic heterocycles. The van der Waals surface area contributed by atoms with Crippen LogP contribution >= 0.6 is 11.6 Å². The summed E-state index contributed by atoms with van der Waals surface area (Å²) in [7, 11) is -7.66. The number of primary sulfonamides is 2. The number of halogens is 1. The van der Waals surface area contributed by atoms with E-state index in [4.69, 9.17) is 21.9 Å². The maximum absolute atomic E-state index is 12.0. The first-order valence-electron chi connectivity index (χ1n) is 15.0. The Balaban J connectivity index is 0.00000226. The molecular weight excluding hydrogens is 632 g/mol. The number of benzene rings is 2. The van der Waals surface area contributed by atoms with Crippen LogP contribution in [0.5, 0.6) is 0 Å². The standard InChI is InChI=1S/C30H35ClN6O4S2.C2H6/c31-24-8-12-27-28(13-15-35-29(27)21-24)34-14-2-16-36-17-19-37(20-18-36)30(23-6-10-26(11-7-23)43(33,40)41)22-3-1-4-25(9-5-22)42(32,38)39;1-2/h3-13,15,21,30H,1-2,14,16-20H2,(H,34,35)(H2,32,38,39)(H2,33,40,41);1-2H3. The molecule has 0 saturated carbocycles. The van der Waals surface area contributed by atoms with Gasteiger partial charge < -0.3 is 10.2 Å². The number of allylic oxidation sites excluding steroid dienone is 3. The lowest BCUT2D eigenvalue weighted by molar-refractivity contribution is 0.109. The van der Waals surface area contributed by atoms with E-state index in [0.717, 1.165) is 73.4 Å². The highest BCUT2D eigenvalue weighted by atomic mass is 35.5. The predicted molar refractivity (Wildman–Crippen MR) is 183 cm³/mol. The molecule has 0 radical (unpaired) electrons. The number of pyridine rings is 1. The van der Waals surface area contributed by atoms with E-state index in [-0.39, 0.29) is 15.8 Å². The molecule has 1 unspecified atom stereocenters. The zero-order valence-corrected chi connectivity index (χ0v) is 28.0. The zero-order valence-electron chi connectivity index (χ0n) is 25.6. The number of piperazine rings is 1. The summed E-state index contributed by atoms with van der Waals surface area (Å²) in [5.74, 6) is 0. The molecule has 5 rings (SSSR count). The van der Waals surface area contributed by atoms with E-state index in [1.165, 1.54) is 18.2 Å². The number of anilines is 1. The van der Waals surface area contributed by atoms with Gasteiger partial charge in [-0.1, -0.05) is 55.8 Å². The Morgan fingerprint density at radius 2 is 1.62 bits per heavy atom. The lowest BCUT2D eigenvalue weighted by atomic mass is 9.95. The molecule has 1 fully saturated rings. The number of hydrogen-bond acceptors (Lipinski definition) is 8. The summed E-state index contributed by atoms with van der Waals surface area (Å²) in [4.78, 5) is 9.29. The smallest absolute Gasteiger partial charge is 0.238 e. The van der Waals surface area contributed by atoms with Crippen LogP contribution in [0.15, 0.2) is 94.4 Å². The largest absolute Gasteiger partial charge is 0.384 e. The second-order valence-corrected chi connectivity index (χ2v) is 14.2. The molecule has 5 N–H and O–H groups in total. The quantitative estimate of drug-likeness (QED) is 0.260. The SMILES string of the molecule is CC.NS(=O)(=O)C1=CCC=C(C(c2ccc(S(N)(=O)=O)cc2)N2CCN(CCCNc3ccnc4cc(Cl)ccc34)CC2)C=C1. The number of sulfonamides is 2. The van der Waals surface area contributed by atoms with Crippen molar-refractivity contribution in [2.24, 2.45) is 10.3 Å². The molecule has 1 aromatic heterocycles. The summed E-state index contributed by atoms with van der Waals surface area (Å²) >= 11 is 6.11. The van der Waals surface area contributed by atoms with Crippen molar-refractivity contribution in [2.45, 2.75) is 37.6 Å². The number of nitrogens with one attached hydrogen (secondary N) is 1. The van der Waals surface area contributed by atoms with Crippen LogP contribution in [0.25, 0.3) is 10.9 Å². The molecule has 1 saturated heterocycles. The predicted octanol–water partition coefficient (Wildman–Crippen LogP) is 4.78. The van der Waals surface area contributed by atoms with Crippen LogP contribution in [-0.4, -0.2) is 70.9 Å². The van der Waals surface area contributed by atoms with E-state index in [2.05, 4.69) is 20.1 Å². The molecule has 1 atom stereocenters. The molecule has 45 heavy (non-hydrogen) atoms. The molecular formula is C32H41ClN6O4S2. The molecule has 10 nitrogen and oxygen atoms in total. The van der Waals surface area contributed by atoms with Gasteiger partial charge in [0.2, 0.25) is 20.0 Å². The molecule has 0 amide bonds. The number of fused-ring (bicyclic) bond motifs is 1. The van der Waals surface area contributed by atoms with Crippen molar-refractivity contribution in [1.82, 2.24) is 14.8 Å². The van der Waals surface area contributed by atoms with Gasteiger partial charge in [-0.15, -0.1) is 0 Å². The van der Waals surface area contributed by atoms with Crippen molar-refractivity contribution >= 4 is 48.2 Å². The van der Waals surface area contributed by atoms with Crippen LogP contribution in [0, 0.1) is 0 Å². The minimum atomic E-state index is -3.83. The molecule has 2 heterocycles. The minimum absolute atomic E-state index is 0.0422. The third-order valence-corrected chi connectivity index (χ3v) is 9.85. The van der Waals surface area contributed by atoms with Gasteiger partial charge in [0, 0.05) is 55.0 Å². The second-order valence-electron chi connectivity index (χ2n) is 10.6. The number of hydrogen-bond donors (Lipinski definition) is 3. The van der Waals surface area contributed by atoms with Gasteiger partial charge in [0.1, 0.15) is 0 Å². The van der Waals surface area contributed by atoms with Crippen molar-refractivity contribution in [3.05, 3.63) is 100 Å². The third-order valence-electron chi connectivity index (χ3n) is 7.72. The molecule has 1 aliphatic carbocycles. The Labute approximate surface area is 271 Å². The van der Waals surface area contributed by atoms with E-state index in [9.17, 15) is 16.8 Å². The summed E-state index contributed by atoms with van der Waals surface area (Å²) in [6.07, 6.45) is 10.1. The summed E-state index contributed by atoms with van der Waals surface area (Å²) in [5.41, 5.74) is 3.71. The van der Waals surface area contributed by atoms with E-state index >= 15 is 0 Å². The first kappa shape index (κ1) is 34.8. The third kappa shape index (κ3) is 9.23. The molecule has 13 heteroatoms. The molecule has 3 aromatic rings. The van der Waals surface area contributed by atoms with Crippen molar-refractivity contribution in [2.75, 3.05) is 44.6 Å². The lowest BCUT2D eigenvalue weighted by Gasteiger charge is -2.40. The van der Waals surface area contributed by atoms with Gasteiger partial charge in [-0.3, -0.25) is 9.88 Å². The van der Waals surface area contributed by atoms with Gasteiger partial charge in [0.05, 0.1) is 21.4 Å². The summed E-state index contributed by atoms with van der Waals surface area (Å²) in [6, 6.07) is 14.1. The molecule has 0 spiro atoms. The second kappa shape index (κ2) is 15.5. The van der Waals surface area contributed by atoms with E-state index < -0.39 is 20.0 Å². The van der Waals surface area contributed by atoms with Crippen molar-refractivity contribution < 1.29 is 16.8 Å². The Bertz CT molecular complexity index is 1780. The van der Waals surface area contributed by atoms with Gasteiger partial charge in [-0.05, 0) is 73.0 Å². The maximum atomic E-state index is 12.0. The molecule has 2 aromatic carbocycles. The van der Waals surface area contributed by atoms with Gasteiger partial charge in [0.25, 0.3) is 0 Å². The highest BCUT2D eigenvalue weighted by molar-refractivity contribution is 7.93. The zero-order chi connectivity index (χ0) is 32.6. The highest BCUT2D eigenvalue weighted by Gasteiger charge is 2.28. The number of nitrogens with two attached hydrogens (primary N) is 2. The Morgan fingerprint density at radius 1 is 0.911 bits per heavy atom. The molecule has 2 aliphatic rings. The summed E-state index contributed by atoms with van der Waals surface area (Å²) in [5, 5.41) is 15.9. The van der Waals surface area contributed by atoms with Crippen LogP contribution in [0.2, 0.25) is 5.02 Å². The summed E-state index contributed by atoms with van der Waals surface area (Å²) in [6.45, 7) is 9.04. The Morgan fingerprint density at radius 3 is 2.29 bits per heavy atom. The van der Waals surface area contributed by atoms with E-state index in [1.54, 1.807) is 30.5 Å². The normalized spacial score (nSPS) is 17.1. The van der Waals surface area contributed by atoms with Crippen molar-refractivity contribution in [3.63, 3.8) is 0 Å². The van der Waals surface area contributed by atoms with Crippen molar-refractivity contribution in [3.8, 4) is 0 Å². The first-order valence-corrected chi connectivity index (χ1v) is 18.4. The fraction of sp³-hybridized carbons (Fsp3) is 0.344. The van der Waals surface area contributed by atoms with Crippen LogP contribution in [0.1, 0.15) is 38.3 Å². The van der Waals surface area contributed by atoms with E-state index in [1.807, 2.05) is 44.2 Å². The average Bonchev–Trinajstić information content (AvgIpc) is 3.27. The Kier molecular flexibility index (Phi) is 11.9. The fourth-order valence-corrected chi connectivity index (χ4v) is 6.81. The number of aromatic nitrogens is 1. The van der Waals surface area contributed by atoms with E-state index in [0.29, 0.717) is 11.4 Å². The molecule has 242 valence electrons. The van der Waals surface area contributed by atoms with Gasteiger partial charge in [0.15, 0.2) is 0 Å². The average molecular weight is 673 g/mol. The van der Waals surface area contributed by atoms with Crippen molar-refractivity contribution in [1.29, 1.82) is 0 Å². The van der Waals surface area contributed by atoms with Gasteiger partial charge >= 0.3 is 0 Å². The Hall–Kier alpha value is -3.10. The van der Waals surface area contributed by atoms with Crippen LogP contribution < -0.4 is 15.6 Å². The van der Waals surface area contributed by atoms with Gasteiger partial charge in [-0.25, -0.2) is 27.1 Å². The summed E-state index contributed by atoms with van der Waals surface area (Å²) < 4.78 is 47.6. The topological polar surface area (TPSA) is 152 Å². The number of rotatable bonds is 10.